The number of esters is 1. The van der Waals surface area contributed by atoms with Gasteiger partial charge in [-0.1, -0.05) is 17.7 Å². The van der Waals surface area contributed by atoms with Crippen molar-refractivity contribution in [1.29, 1.82) is 0 Å². The molecule has 154 valence electrons. The predicted molar refractivity (Wildman–Crippen MR) is 107 cm³/mol. The first-order valence-electron chi connectivity index (χ1n) is 9.07. The smallest absolute Gasteiger partial charge is 0.344 e. The number of rotatable bonds is 7. The number of halogens is 1. The van der Waals surface area contributed by atoms with E-state index in [1.165, 1.54) is 0 Å². The Morgan fingerprint density at radius 1 is 1.10 bits per heavy atom. The molecule has 7 nitrogen and oxygen atoms in total. The van der Waals surface area contributed by atoms with E-state index in [1.807, 2.05) is 32.9 Å². The van der Waals surface area contributed by atoms with E-state index in [2.05, 4.69) is 5.32 Å². The summed E-state index contributed by atoms with van der Waals surface area (Å²) in [6.07, 6.45) is 0. The molecule has 1 aliphatic rings. The Hall–Kier alpha value is -2.93. The Bertz CT molecular complexity index is 906. The largest absolute Gasteiger partial charge is 0.481 e. The lowest BCUT2D eigenvalue weighted by atomic mass is 10.1. The Morgan fingerprint density at radius 3 is 2.52 bits per heavy atom. The summed E-state index contributed by atoms with van der Waals surface area (Å²) in [4.78, 5) is 24.0. The van der Waals surface area contributed by atoms with E-state index in [0.717, 1.165) is 16.7 Å². The second-order valence-corrected chi connectivity index (χ2v) is 7.16. The number of carbonyl (C=O) groups excluding carboxylic acids is 2. The van der Waals surface area contributed by atoms with Gasteiger partial charge in [0.2, 0.25) is 6.79 Å². The summed E-state index contributed by atoms with van der Waals surface area (Å²) in [5, 5.41) is 3.37. The molecule has 1 atom stereocenters. The molecule has 0 spiro atoms. The third-order valence-corrected chi connectivity index (χ3v) is 4.62. The maximum atomic E-state index is 12.1. The van der Waals surface area contributed by atoms with Crippen LogP contribution in [-0.2, 0) is 14.3 Å². The van der Waals surface area contributed by atoms with Gasteiger partial charge in [0.1, 0.15) is 5.75 Å². The zero-order chi connectivity index (χ0) is 21.0. The Kier molecular flexibility index (Phi) is 6.49. The standard InChI is InChI=1S/C21H22ClNO6/c1-12-6-16(22)7-13(2)21(12)27-10-20(25)26-9-19(24)23-14(3)15-4-5-17-18(8-15)29-11-28-17/h4-8,14H,9-11H2,1-3H3,(H,23,24)/t14-/m0/s1. The average molecular weight is 420 g/mol. The maximum Gasteiger partial charge on any atom is 0.344 e. The molecule has 0 saturated carbocycles. The molecule has 0 fully saturated rings. The van der Waals surface area contributed by atoms with Crippen LogP contribution in [0.25, 0.3) is 0 Å². The Balaban J connectivity index is 1.45. The van der Waals surface area contributed by atoms with E-state index in [4.69, 9.17) is 30.5 Å². The highest BCUT2D eigenvalue weighted by atomic mass is 35.5. The van der Waals surface area contributed by atoms with Crippen LogP contribution in [0.1, 0.15) is 29.7 Å². The first-order valence-corrected chi connectivity index (χ1v) is 9.45. The lowest BCUT2D eigenvalue weighted by Gasteiger charge is -2.15. The van der Waals surface area contributed by atoms with Crippen LogP contribution < -0.4 is 19.5 Å². The van der Waals surface area contributed by atoms with Gasteiger partial charge in [-0.2, -0.15) is 0 Å². The highest BCUT2D eigenvalue weighted by Gasteiger charge is 2.18. The van der Waals surface area contributed by atoms with E-state index in [1.54, 1.807) is 18.2 Å². The van der Waals surface area contributed by atoms with Crippen LogP contribution in [0, 0.1) is 13.8 Å². The van der Waals surface area contributed by atoms with Gasteiger partial charge in [-0.05, 0) is 61.7 Å². The second-order valence-electron chi connectivity index (χ2n) is 6.72. The molecule has 2 aromatic rings. The van der Waals surface area contributed by atoms with Crippen LogP contribution in [0.15, 0.2) is 30.3 Å². The number of hydrogen-bond acceptors (Lipinski definition) is 6. The Labute approximate surface area is 173 Å². The molecule has 1 amide bonds. The Morgan fingerprint density at radius 2 is 1.79 bits per heavy atom. The summed E-state index contributed by atoms with van der Waals surface area (Å²) in [5.74, 6) is 0.839. The molecule has 0 saturated heterocycles. The molecule has 8 heteroatoms. The van der Waals surface area contributed by atoms with Gasteiger partial charge in [0.25, 0.3) is 5.91 Å². The van der Waals surface area contributed by atoms with Crippen molar-refractivity contribution in [2.75, 3.05) is 20.0 Å². The highest BCUT2D eigenvalue weighted by molar-refractivity contribution is 6.30. The lowest BCUT2D eigenvalue weighted by Crippen LogP contribution is -2.32. The lowest BCUT2D eigenvalue weighted by molar-refractivity contribution is -0.150. The number of amides is 1. The summed E-state index contributed by atoms with van der Waals surface area (Å²) in [7, 11) is 0. The molecule has 3 rings (SSSR count). The molecule has 29 heavy (non-hydrogen) atoms. The zero-order valence-corrected chi connectivity index (χ0v) is 17.2. The second kappa shape index (κ2) is 9.05. The fraction of sp³-hybridized carbons (Fsp3) is 0.333. The summed E-state index contributed by atoms with van der Waals surface area (Å²) in [5.41, 5.74) is 2.49. The minimum absolute atomic E-state index is 0.187. The predicted octanol–water partition coefficient (Wildman–Crippen LogP) is 3.48. The summed E-state index contributed by atoms with van der Waals surface area (Å²) in [6.45, 7) is 5.00. The SMILES string of the molecule is Cc1cc(Cl)cc(C)c1OCC(=O)OCC(=O)N[C@@H](C)c1ccc2c(c1)OCO2. The summed E-state index contributed by atoms with van der Waals surface area (Å²) in [6, 6.07) is 8.66. The van der Waals surface area contributed by atoms with Gasteiger partial charge in [0, 0.05) is 5.02 Å². The summed E-state index contributed by atoms with van der Waals surface area (Å²) < 4.78 is 21.1. The molecule has 0 aliphatic carbocycles. The van der Waals surface area contributed by atoms with Crippen molar-refractivity contribution < 1.29 is 28.5 Å². The van der Waals surface area contributed by atoms with Crippen LogP contribution >= 0.6 is 11.6 Å². The first kappa shape index (κ1) is 20.8. The van der Waals surface area contributed by atoms with Gasteiger partial charge in [0.15, 0.2) is 24.7 Å². The topological polar surface area (TPSA) is 83.1 Å². The fourth-order valence-corrected chi connectivity index (χ4v) is 3.32. The normalized spacial score (nSPS) is 13.0. The number of ether oxygens (including phenoxy) is 4. The van der Waals surface area contributed by atoms with E-state index < -0.39 is 18.5 Å². The fourth-order valence-electron chi connectivity index (χ4n) is 2.99. The number of carbonyl (C=O) groups is 2. The number of nitrogens with one attached hydrogen (secondary N) is 1. The third kappa shape index (κ3) is 5.32. The van der Waals surface area contributed by atoms with Crippen molar-refractivity contribution in [3.05, 3.63) is 52.0 Å². The van der Waals surface area contributed by atoms with Crippen LogP contribution in [0.4, 0.5) is 0 Å². The van der Waals surface area contributed by atoms with Gasteiger partial charge in [-0.3, -0.25) is 4.79 Å². The van der Waals surface area contributed by atoms with Gasteiger partial charge in [-0.25, -0.2) is 4.79 Å². The molecule has 2 aromatic carbocycles. The first-order chi connectivity index (χ1) is 13.8. The average Bonchev–Trinajstić information content (AvgIpc) is 3.13. The number of hydrogen-bond donors (Lipinski definition) is 1. The number of aryl methyl sites for hydroxylation is 2. The monoisotopic (exact) mass is 419 g/mol. The van der Waals surface area contributed by atoms with Crippen LogP contribution in [-0.4, -0.2) is 31.9 Å². The zero-order valence-electron chi connectivity index (χ0n) is 16.4. The quantitative estimate of drug-likeness (QED) is 0.692. The van der Waals surface area contributed by atoms with Crippen molar-refractivity contribution >= 4 is 23.5 Å². The van der Waals surface area contributed by atoms with E-state index in [0.29, 0.717) is 22.3 Å². The summed E-state index contributed by atoms with van der Waals surface area (Å²) >= 11 is 5.98. The molecule has 0 unspecified atom stereocenters. The molecule has 1 aliphatic heterocycles. The minimum atomic E-state index is -0.635. The maximum absolute atomic E-state index is 12.1. The van der Waals surface area contributed by atoms with Gasteiger partial charge < -0.3 is 24.3 Å². The van der Waals surface area contributed by atoms with Crippen molar-refractivity contribution in [2.24, 2.45) is 0 Å². The molecule has 0 radical (unpaired) electrons. The molecule has 1 heterocycles. The van der Waals surface area contributed by atoms with Crippen molar-refractivity contribution in [3.63, 3.8) is 0 Å². The molecular formula is C21H22ClNO6. The third-order valence-electron chi connectivity index (χ3n) is 4.40. The molecule has 1 N–H and O–H groups in total. The number of fused-ring (bicyclic) bond motifs is 1. The van der Waals surface area contributed by atoms with Gasteiger partial charge in [-0.15, -0.1) is 0 Å². The number of benzene rings is 2. The highest BCUT2D eigenvalue weighted by Crippen LogP contribution is 2.34. The van der Waals surface area contributed by atoms with Crippen LogP contribution in [0.5, 0.6) is 17.2 Å². The van der Waals surface area contributed by atoms with Crippen molar-refractivity contribution in [3.8, 4) is 17.2 Å². The molecule has 0 aromatic heterocycles. The van der Waals surface area contributed by atoms with Gasteiger partial charge in [0.05, 0.1) is 6.04 Å². The van der Waals surface area contributed by atoms with Crippen LogP contribution in [0.2, 0.25) is 5.02 Å². The van der Waals surface area contributed by atoms with Gasteiger partial charge >= 0.3 is 5.97 Å². The molecular weight excluding hydrogens is 398 g/mol. The van der Waals surface area contributed by atoms with E-state index in [-0.39, 0.29) is 19.4 Å². The van der Waals surface area contributed by atoms with Crippen molar-refractivity contribution in [2.45, 2.75) is 26.8 Å². The molecule has 0 bridgehead atoms. The van der Waals surface area contributed by atoms with Crippen LogP contribution in [0.3, 0.4) is 0 Å². The van der Waals surface area contributed by atoms with E-state index >= 15 is 0 Å². The van der Waals surface area contributed by atoms with Crippen molar-refractivity contribution in [1.82, 2.24) is 5.32 Å². The van der Waals surface area contributed by atoms with E-state index in [9.17, 15) is 9.59 Å². The minimum Gasteiger partial charge on any atom is -0.481 e.